The van der Waals surface area contributed by atoms with Gasteiger partial charge in [0, 0.05) is 18.8 Å². The Morgan fingerprint density at radius 3 is 1.50 bits per heavy atom. The number of carbonyl (C=O) groups is 1. The third-order valence-corrected chi connectivity index (χ3v) is 20.4. The molecule has 14 rings (SSSR count). The van der Waals surface area contributed by atoms with Gasteiger partial charge >= 0.3 is 28.0 Å². The molecule has 0 aromatic carbocycles. The number of aromatic amines is 2. The Labute approximate surface area is 512 Å². The predicted molar refractivity (Wildman–Crippen MR) is 304 cm³/mol. The van der Waals surface area contributed by atoms with E-state index < -0.39 is 164 Å². The number of carbonyl (C=O) groups excluding carboxylic acids is 1. The Hall–Kier alpha value is -5.47. The molecule has 48 heteroatoms. The molecular weight excluding hydrogens is 1360 g/mol. The number of anilines is 3. The zero-order valence-electron chi connectivity index (χ0n) is 44.8. The van der Waals surface area contributed by atoms with Crippen LogP contribution in [0.1, 0.15) is 41.8 Å². The van der Waals surface area contributed by atoms with E-state index in [-0.39, 0.29) is 74.8 Å². The third-order valence-electron chi connectivity index (χ3n) is 14.7. The van der Waals surface area contributed by atoms with Crippen LogP contribution in [-0.4, -0.2) is 195 Å². The summed E-state index contributed by atoms with van der Waals surface area (Å²) in [4.78, 5) is 117. The molecule has 14 heterocycles. The second kappa shape index (κ2) is 23.8. The summed E-state index contributed by atoms with van der Waals surface area (Å²) < 4.78 is 147. The highest BCUT2D eigenvalue weighted by molar-refractivity contribution is 8.07. The van der Waals surface area contributed by atoms with Crippen LogP contribution in [0.2, 0.25) is 0 Å². The number of phosphoric acid groups is 1. The molecule has 7 aromatic rings. The van der Waals surface area contributed by atoms with Crippen LogP contribution in [0.5, 0.6) is 0 Å². The second-order valence-electron chi connectivity index (χ2n) is 20.4. The van der Waals surface area contributed by atoms with Crippen LogP contribution in [0.25, 0.3) is 33.5 Å². The molecule has 0 spiro atoms. The number of rotatable bonds is 4. The predicted octanol–water partition coefficient (Wildman–Crippen LogP) is 0.943. The summed E-state index contributed by atoms with van der Waals surface area (Å²) in [6, 6.07) is 1.49. The standard InChI is InChI=1S/C21H23F2N9O10P2S.C21H22F2N8O10P2S2/c22-10-8-3-37-43(34,35)41-14-9(40-19(11(14)23)31-5-27-12-7(24)1-2-26-16(12)31)4-38-44(36,45)42-15(10)20(39-8)32-6-28-13-17(32)29-21(25)30-18(13)33;22-10-8-3-36-42(34,44)40-14-9(39-19(11(14)23)30-5-26-12-7(32)1-2-25-16(12)30)4-37-43(35,45)41-15(10)20(38-8)31-6-27-13-17(31)28-21(24)29-18(13)33/h1-2,5-6,8-11,14-15,19-20H,3-4H2,(H2,24,26)(H,34,35)(H,36,45)(H3,25,29,30,33);2,5-6,8-11,14-15,19-20H,1,3-4H2,(H,34,44)(H,35,45)(H3,24,28,29,33)/t8-,9-,10-,11+,14-,15-,19-,20-,44?;8-,9-,10-,11+,14-,15-,19-,20-,42?,43?/m11/s1. The van der Waals surface area contributed by atoms with E-state index in [9.17, 15) is 38.5 Å². The van der Waals surface area contributed by atoms with Crippen molar-refractivity contribution in [1.29, 1.82) is 0 Å². The van der Waals surface area contributed by atoms with Gasteiger partial charge in [0.25, 0.3) is 11.1 Å². The highest BCUT2D eigenvalue weighted by atomic mass is 32.5. The smallest absolute Gasteiger partial charge is 0.397 e. The van der Waals surface area contributed by atoms with Gasteiger partial charge in [0.05, 0.1) is 57.4 Å². The van der Waals surface area contributed by atoms with Gasteiger partial charge in [-0.2, -0.15) is 9.97 Å². The van der Waals surface area contributed by atoms with E-state index in [1.54, 1.807) is 0 Å². The van der Waals surface area contributed by atoms with Gasteiger partial charge in [0.1, 0.15) is 54.3 Å². The van der Waals surface area contributed by atoms with Crippen molar-refractivity contribution in [3.8, 4) is 0 Å². The zero-order valence-corrected chi connectivity index (χ0v) is 50.8. The van der Waals surface area contributed by atoms with Gasteiger partial charge in [-0.25, -0.2) is 52.0 Å². The summed E-state index contributed by atoms with van der Waals surface area (Å²) in [5, 5.41) is 0. The van der Waals surface area contributed by atoms with Crippen LogP contribution in [0.4, 0.5) is 41.0 Å². The number of alkyl halides is 4. The zero-order chi connectivity index (χ0) is 63.7. The number of imidazole rings is 4. The quantitative estimate of drug-likeness (QED) is 0.0874. The minimum atomic E-state index is -5.14. The fourth-order valence-corrected chi connectivity index (χ4v) is 15.9. The van der Waals surface area contributed by atoms with E-state index in [0.29, 0.717) is 0 Å². The molecule has 12 N–H and O–H groups in total. The van der Waals surface area contributed by atoms with Crippen molar-refractivity contribution in [1.82, 2.24) is 63.1 Å². The number of phosphoric ester groups is 1. The maximum Gasteiger partial charge on any atom is 0.472 e. The van der Waals surface area contributed by atoms with E-state index in [4.69, 9.17) is 108 Å². The molecule has 20 atom stereocenters. The van der Waals surface area contributed by atoms with Crippen LogP contribution >= 0.6 is 28.0 Å². The van der Waals surface area contributed by atoms with Gasteiger partial charge < -0.3 is 69.3 Å². The highest BCUT2D eigenvalue weighted by Gasteiger charge is 2.57. The summed E-state index contributed by atoms with van der Waals surface area (Å²) in [7, 11) is -5.14. The molecule has 0 radical (unpaired) electrons. The molecule has 0 amide bonds. The lowest BCUT2D eigenvalue weighted by atomic mass is 10.1. The first-order valence-corrected chi connectivity index (χ1v) is 35.4. The van der Waals surface area contributed by atoms with Crippen molar-refractivity contribution in [2.45, 2.75) is 105 Å². The Bertz CT molecular complexity index is 4360. The van der Waals surface area contributed by atoms with Crippen molar-refractivity contribution < 1.29 is 102 Å². The van der Waals surface area contributed by atoms with Crippen molar-refractivity contribution in [3.05, 3.63) is 64.0 Å². The van der Waals surface area contributed by atoms with E-state index >= 15 is 17.6 Å². The Kier molecular flexibility index (Phi) is 16.8. The molecule has 7 aliphatic rings. The number of aromatic nitrogens is 13. The number of nitrogen functional groups attached to an aromatic ring is 3. The number of ketones is 1. The number of pyridine rings is 1. The lowest BCUT2D eigenvalue weighted by Gasteiger charge is -2.27. The molecule has 37 nitrogen and oxygen atoms in total. The van der Waals surface area contributed by atoms with Crippen molar-refractivity contribution in [3.63, 3.8) is 0 Å². The fraction of sp³-hybridized carbons (Fsp3) is 0.500. The average Bonchev–Trinajstić information content (AvgIpc) is 1.65. The molecule has 4 bridgehead atoms. The molecule has 0 saturated carbocycles. The number of H-pyrrole nitrogens is 2. The molecule has 90 heavy (non-hydrogen) atoms. The second-order valence-corrected chi connectivity index (χ2v) is 30.2. The number of nitrogens with two attached hydrogens (primary N) is 3. The molecule has 6 fully saturated rings. The van der Waals surface area contributed by atoms with Gasteiger partial charge in [-0.1, -0.05) is 0 Å². The Morgan fingerprint density at radius 1 is 0.533 bits per heavy atom. The number of hydrogen-bond acceptors (Lipinski definition) is 30. The minimum Gasteiger partial charge on any atom is -0.397 e. The van der Waals surface area contributed by atoms with Crippen LogP contribution < -0.4 is 28.3 Å². The SMILES string of the molecule is Nc1nc2c(ncn2[C@@H]2O[C@@H]3COP(=O)(O)O[C@H]4[C@H](F)[C@H](n5cnc6c(N)ccnc65)O[C@@H]4COP(O)(=S)O[C@@H]2[C@@H]3F)c(=O)[nH]1.Nc1nc2c(ncn2[C@@H]2O[C@@H]3COP(O)(=S)O[C@H]4[C@H](F)[C@H](n5cnc6c5N=CCC6=O)O[C@@H]4COP(O)(=S)O[C@@H]2[C@@H]3F)c(=O)[nH]1. The fourth-order valence-electron chi connectivity index (χ4n) is 10.7. The number of hydrogen-bond donors (Lipinski definition) is 9. The maximum absolute atomic E-state index is 16.0. The number of fused-ring (bicyclic) bond motifs is 10. The number of Topliss-reactive ketones (excluding diaryl/α,β-unsaturated/α-hetero) is 1. The van der Waals surface area contributed by atoms with Crippen molar-refractivity contribution in [2.75, 3.05) is 43.6 Å². The Morgan fingerprint density at radius 2 is 0.967 bits per heavy atom. The van der Waals surface area contributed by atoms with Gasteiger partial charge in [-0.15, -0.1) is 0 Å². The number of nitrogens with one attached hydrogen (secondary N) is 2. The topological polar surface area (TPSA) is 492 Å². The monoisotopic (exact) mass is 1400 g/mol. The molecule has 7 aliphatic heterocycles. The van der Waals surface area contributed by atoms with Gasteiger partial charge in [0.15, 0.2) is 94.9 Å². The molecular formula is C42H45F4N17O20P4S3. The largest absolute Gasteiger partial charge is 0.472 e. The summed E-state index contributed by atoms with van der Waals surface area (Å²) in [6.07, 6.45) is -20.0. The number of halogens is 4. The normalized spacial score (nSPS) is 38.2. The molecule has 4 unspecified atom stereocenters. The van der Waals surface area contributed by atoms with E-state index in [0.717, 1.165) is 21.8 Å². The minimum absolute atomic E-state index is 0.0152. The third kappa shape index (κ3) is 11.9. The summed E-state index contributed by atoms with van der Waals surface area (Å²) in [5.74, 6) is -0.829. The molecule has 0 aliphatic carbocycles. The molecule has 484 valence electrons. The van der Waals surface area contributed by atoms with E-state index in [1.165, 1.54) is 40.3 Å². The first kappa shape index (κ1) is 63.3. The number of nitrogens with zero attached hydrogens (tertiary/aromatic N) is 12. The molecule has 6 saturated heterocycles. The van der Waals surface area contributed by atoms with Gasteiger partial charge in [-0.05, 0) is 41.5 Å². The number of ether oxygens (including phenoxy) is 4. The highest BCUT2D eigenvalue weighted by Crippen LogP contribution is 2.57. The summed E-state index contributed by atoms with van der Waals surface area (Å²) >= 11 is 15.4. The van der Waals surface area contributed by atoms with Crippen molar-refractivity contribution in [2.24, 2.45) is 4.99 Å². The first-order valence-electron chi connectivity index (χ1n) is 26.1. The average molecular weight is 1400 g/mol. The lowest BCUT2D eigenvalue weighted by Crippen LogP contribution is -2.34. The van der Waals surface area contributed by atoms with E-state index in [1.807, 2.05) is 0 Å². The van der Waals surface area contributed by atoms with E-state index in [2.05, 4.69) is 49.8 Å². The molecule has 7 aromatic heterocycles. The van der Waals surface area contributed by atoms with Crippen molar-refractivity contribution >= 4 is 132 Å². The summed E-state index contributed by atoms with van der Waals surface area (Å²) in [5.41, 5.74) is 16.0. The van der Waals surface area contributed by atoms with Crippen LogP contribution in [-0.2, 0) is 95.1 Å². The maximum atomic E-state index is 16.0. The first-order chi connectivity index (χ1) is 42.6. The Balaban J connectivity index is 0.000000165. The summed E-state index contributed by atoms with van der Waals surface area (Å²) in [6.45, 7) is -16.1. The van der Waals surface area contributed by atoms with Gasteiger partial charge in [0.2, 0.25) is 11.9 Å². The van der Waals surface area contributed by atoms with Crippen LogP contribution in [0.3, 0.4) is 0 Å². The van der Waals surface area contributed by atoms with Crippen LogP contribution in [0, 0.1) is 0 Å². The number of aliphatic imine (C=N–C) groups is 1. The van der Waals surface area contributed by atoms with Crippen LogP contribution in [0.15, 0.2) is 52.2 Å². The van der Waals surface area contributed by atoms with Gasteiger partial charge in [-0.3, -0.25) is 65.2 Å². The lowest BCUT2D eigenvalue weighted by molar-refractivity contribution is -0.0630.